The van der Waals surface area contributed by atoms with Gasteiger partial charge in [0, 0.05) is 22.7 Å². The van der Waals surface area contributed by atoms with Gasteiger partial charge in [0.25, 0.3) is 0 Å². The molecule has 0 saturated carbocycles. The zero-order valence-electron chi connectivity index (χ0n) is 14.9. The fourth-order valence-electron chi connectivity index (χ4n) is 3.18. The first-order chi connectivity index (χ1) is 13.6. The highest BCUT2D eigenvalue weighted by Gasteiger charge is 2.19. The molecule has 0 spiro atoms. The normalized spacial score (nSPS) is 10.8. The summed E-state index contributed by atoms with van der Waals surface area (Å²) in [5, 5.41) is 12.8. The molecule has 3 heterocycles. The fourth-order valence-corrected chi connectivity index (χ4v) is 3.97. The monoisotopic (exact) mass is 390 g/mol. The third-order valence-corrected chi connectivity index (χ3v) is 5.46. The lowest BCUT2D eigenvalue weighted by atomic mass is 10.2. The van der Waals surface area contributed by atoms with Crippen LogP contribution < -0.4 is 5.32 Å². The number of rotatable bonds is 5. The minimum atomic E-state index is -0.390. The summed E-state index contributed by atoms with van der Waals surface area (Å²) in [7, 11) is 0. The Kier molecular flexibility index (Phi) is 4.63. The number of hydrogen-bond acceptors (Lipinski definition) is 5. The van der Waals surface area contributed by atoms with Crippen LogP contribution in [0.1, 0.15) is 25.8 Å². The van der Waals surface area contributed by atoms with E-state index in [4.69, 9.17) is 5.26 Å². The number of aldehydes is 1. The lowest BCUT2D eigenvalue weighted by Crippen LogP contribution is -2.04. The Hall–Kier alpha value is -3.50. The molecular formula is C21H15FN4OS. The minimum Gasteiger partial charge on any atom is -0.351 e. The number of carbonyl (C=O) groups excluding carboxylic acids is 1. The van der Waals surface area contributed by atoms with Crippen LogP contribution in [-0.2, 0) is 6.54 Å². The molecule has 0 aliphatic carbocycles. The maximum Gasteiger partial charge on any atom is 0.168 e. The van der Waals surface area contributed by atoms with E-state index in [1.165, 1.54) is 17.4 Å². The molecule has 0 bridgehead atoms. The van der Waals surface area contributed by atoms with Crippen LogP contribution in [0.2, 0.25) is 0 Å². The topological polar surface area (TPSA) is 70.7 Å². The van der Waals surface area contributed by atoms with Crippen LogP contribution >= 0.6 is 11.3 Å². The molecule has 1 aromatic carbocycles. The number of nitriles is 1. The van der Waals surface area contributed by atoms with Crippen molar-refractivity contribution in [3.63, 3.8) is 0 Å². The van der Waals surface area contributed by atoms with Gasteiger partial charge in [0.1, 0.15) is 22.5 Å². The summed E-state index contributed by atoms with van der Waals surface area (Å²) in [4.78, 5) is 17.7. The average molecular weight is 390 g/mol. The van der Waals surface area contributed by atoms with Crippen LogP contribution in [0.3, 0.4) is 0 Å². The van der Waals surface area contributed by atoms with Gasteiger partial charge in [-0.3, -0.25) is 9.78 Å². The van der Waals surface area contributed by atoms with Crippen molar-refractivity contribution in [2.24, 2.45) is 0 Å². The lowest BCUT2D eigenvalue weighted by molar-refractivity contribution is 0.111. The Labute approximate surface area is 164 Å². The lowest BCUT2D eigenvalue weighted by Gasteiger charge is -2.09. The average Bonchev–Trinajstić information content (AvgIpc) is 3.27. The largest absolute Gasteiger partial charge is 0.351 e. The van der Waals surface area contributed by atoms with Gasteiger partial charge in [0.05, 0.1) is 23.4 Å². The summed E-state index contributed by atoms with van der Waals surface area (Å²) < 4.78 is 16.2. The predicted octanol–water partition coefficient (Wildman–Crippen LogP) is 5.02. The van der Waals surface area contributed by atoms with Crippen molar-refractivity contribution in [3.8, 4) is 6.07 Å². The van der Waals surface area contributed by atoms with E-state index >= 15 is 0 Å². The maximum atomic E-state index is 14.4. The molecule has 28 heavy (non-hydrogen) atoms. The van der Waals surface area contributed by atoms with Crippen molar-refractivity contribution in [1.82, 2.24) is 9.55 Å². The number of thiophene rings is 1. The van der Waals surface area contributed by atoms with E-state index in [-0.39, 0.29) is 0 Å². The quantitative estimate of drug-likeness (QED) is 0.486. The Balaban J connectivity index is 1.84. The standard InChI is InChI=1S/C21H15FN4OS/c1-13-2-5-18(17(22)8-13)25-21-16-10-24-7-6-19(16)26(20(21)12-27)11-15-4-3-14(9-23)28-15/h2-8,10,12,25H,11H2,1H3. The molecule has 0 unspecified atom stereocenters. The van der Waals surface area contributed by atoms with Gasteiger partial charge < -0.3 is 9.88 Å². The number of carbonyl (C=O) groups is 1. The van der Waals surface area contributed by atoms with Crippen molar-refractivity contribution in [1.29, 1.82) is 5.26 Å². The fraction of sp³-hybridized carbons (Fsp3) is 0.0952. The van der Waals surface area contributed by atoms with Gasteiger partial charge >= 0.3 is 0 Å². The van der Waals surface area contributed by atoms with Crippen molar-refractivity contribution < 1.29 is 9.18 Å². The smallest absolute Gasteiger partial charge is 0.168 e. The summed E-state index contributed by atoms with van der Waals surface area (Å²) in [5.41, 5.74) is 2.82. The van der Waals surface area contributed by atoms with Gasteiger partial charge in [-0.1, -0.05) is 6.07 Å². The molecule has 0 atom stereocenters. The second kappa shape index (κ2) is 7.25. The molecule has 5 nitrogen and oxygen atoms in total. The van der Waals surface area contributed by atoms with Crippen molar-refractivity contribution in [2.75, 3.05) is 5.32 Å². The van der Waals surface area contributed by atoms with E-state index in [0.717, 1.165) is 27.6 Å². The first-order valence-corrected chi connectivity index (χ1v) is 9.35. The second-order valence-electron chi connectivity index (χ2n) is 6.34. The van der Waals surface area contributed by atoms with E-state index in [0.29, 0.717) is 28.5 Å². The summed E-state index contributed by atoms with van der Waals surface area (Å²) in [6, 6.07) is 12.5. The van der Waals surface area contributed by atoms with Crippen molar-refractivity contribution in [2.45, 2.75) is 13.5 Å². The first-order valence-electron chi connectivity index (χ1n) is 8.54. The molecule has 3 aromatic heterocycles. The maximum absolute atomic E-state index is 14.4. The number of nitrogens with one attached hydrogen (secondary N) is 1. The third-order valence-electron chi connectivity index (χ3n) is 4.49. The molecule has 0 fully saturated rings. The number of anilines is 2. The summed E-state index contributed by atoms with van der Waals surface area (Å²) in [5.74, 6) is -0.390. The SMILES string of the molecule is Cc1ccc(Nc2c(C=O)n(Cc3ccc(C#N)s3)c3ccncc23)c(F)c1. The zero-order chi connectivity index (χ0) is 19.7. The number of nitrogens with zero attached hydrogens (tertiary/aromatic N) is 3. The molecule has 138 valence electrons. The van der Waals surface area contributed by atoms with Crippen molar-refractivity contribution >= 4 is 39.9 Å². The second-order valence-corrected chi connectivity index (χ2v) is 7.51. The molecule has 4 aromatic rings. The third kappa shape index (κ3) is 3.15. The molecule has 0 aliphatic rings. The van der Waals surface area contributed by atoms with Crippen LogP contribution in [0.5, 0.6) is 0 Å². The van der Waals surface area contributed by atoms with Crippen LogP contribution in [0.25, 0.3) is 10.9 Å². The molecular weight excluding hydrogens is 375 g/mol. The number of halogens is 1. The molecule has 0 aliphatic heterocycles. The Bertz CT molecular complexity index is 1240. The minimum absolute atomic E-state index is 0.291. The Morgan fingerprint density at radius 1 is 1.32 bits per heavy atom. The van der Waals surface area contributed by atoms with Crippen LogP contribution in [0.4, 0.5) is 15.8 Å². The number of aryl methyl sites for hydroxylation is 1. The highest BCUT2D eigenvalue weighted by molar-refractivity contribution is 7.12. The molecule has 4 rings (SSSR count). The number of hydrogen-bond donors (Lipinski definition) is 1. The van der Waals surface area contributed by atoms with Crippen LogP contribution in [-0.4, -0.2) is 15.8 Å². The van der Waals surface area contributed by atoms with E-state index in [2.05, 4.69) is 16.4 Å². The summed E-state index contributed by atoms with van der Waals surface area (Å²) in [6.45, 7) is 2.25. The van der Waals surface area contributed by atoms with Gasteiger partial charge in [0.2, 0.25) is 0 Å². The number of aromatic nitrogens is 2. The van der Waals surface area contributed by atoms with Gasteiger partial charge in [-0.05, 0) is 42.8 Å². The van der Waals surface area contributed by atoms with Gasteiger partial charge in [-0.25, -0.2) is 4.39 Å². The summed E-state index contributed by atoms with van der Waals surface area (Å²) in [6.07, 6.45) is 4.06. The Morgan fingerprint density at radius 2 is 2.18 bits per heavy atom. The van der Waals surface area contributed by atoms with Crippen LogP contribution in [0, 0.1) is 24.1 Å². The van der Waals surface area contributed by atoms with E-state index in [1.54, 1.807) is 30.6 Å². The molecule has 1 N–H and O–H groups in total. The van der Waals surface area contributed by atoms with Gasteiger partial charge in [-0.15, -0.1) is 11.3 Å². The number of fused-ring (bicyclic) bond motifs is 1. The Morgan fingerprint density at radius 3 is 2.89 bits per heavy atom. The highest BCUT2D eigenvalue weighted by Crippen LogP contribution is 2.34. The molecule has 0 amide bonds. The van der Waals surface area contributed by atoms with Gasteiger partial charge in [0.15, 0.2) is 6.29 Å². The van der Waals surface area contributed by atoms with Crippen molar-refractivity contribution in [3.05, 3.63) is 75.6 Å². The molecule has 0 saturated heterocycles. The highest BCUT2D eigenvalue weighted by atomic mass is 32.1. The number of benzene rings is 1. The molecule has 0 radical (unpaired) electrons. The van der Waals surface area contributed by atoms with E-state index in [1.807, 2.05) is 23.6 Å². The summed E-state index contributed by atoms with van der Waals surface area (Å²) >= 11 is 1.38. The number of pyridine rings is 1. The zero-order valence-corrected chi connectivity index (χ0v) is 15.8. The predicted molar refractivity (Wildman–Crippen MR) is 108 cm³/mol. The molecule has 7 heteroatoms. The van der Waals surface area contributed by atoms with E-state index in [9.17, 15) is 9.18 Å². The van der Waals surface area contributed by atoms with E-state index < -0.39 is 5.82 Å². The van der Waals surface area contributed by atoms with Gasteiger partial charge in [-0.2, -0.15) is 5.26 Å². The van der Waals surface area contributed by atoms with Crippen LogP contribution in [0.15, 0.2) is 48.8 Å². The first kappa shape index (κ1) is 17.9.